The van der Waals surface area contributed by atoms with Crippen LogP contribution in [-0.2, 0) is 38.2 Å². The van der Waals surface area contributed by atoms with Crippen molar-refractivity contribution in [3.63, 3.8) is 0 Å². The van der Waals surface area contributed by atoms with E-state index >= 15 is 0 Å². The molecule has 0 heterocycles. The van der Waals surface area contributed by atoms with Crippen LogP contribution in [0, 0.1) is 0 Å². The summed E-state index contributed by atoms with van der Waals surface area (Å²) in [5.41, 5.74) is 0.413. The number of para-hydroxylation sites is 1. The smallest absolute Gasteiger partial charge is 0.328 e. The van der Waals surface area contributed by atoms with Crippen molar-refractivity contribution in [3.8, 4) is 0 Å². The summed E-state index contributed by atoms with van der Waals surface area (Å²) in [4.78, 5) is 71.9. The molecule has 0 fully saturated rings. The van der Waals surface area contributed by atoms with Gasteiger partial charge in [0.05, 0.1) is 19.8 Å². The van der Waals surface area contributed by atoms with Crippen LogP contribution in [0.1, 0.15) is 33.6 Å². The average molecular weight is 479 g/mol. The van der Waals surface area contributed by atoms with Crippen molar-refractivity contribution in [1.82, 2.24) is 16.0 Å². The van der Waals surface area contributed by atoms with Gasteiger partial charge in [-0.15, -0.1) is 0 Å². The zero-order valence-electron chi connectivity index (χ0n) is 19.3. The molecule has 0 bridgehead atoms. The summed E-state index contributed by atoms with van der Waals surface area (Å²) in [6, 6.07) is 6.09. The van der Waals surface area contributed by atoms with Gasteiger partial charge >= 0.3 is 23.8 Å². The van der Waals surface area contributed by atoms with Gasteiger partial charge in [0.1, 0.15) is 12.1 Å². The number of benzene rings is 1. The average Bonchev–Trinajstić information content (AvgIpc) is 2.80. The molecule has 1 aromatic carbocycles. The molecule has 0 aliphatic carbocycles. The van der Waals surface area contributed by atoms with Gasteiger partial charge in [0.15, 0.2) is 0 Å². The van der Waals surface area contributed by atoms with Crippen LogP contribution in [0.3, 0.4) is 0 Å². The third-order valence-electron chi connectivity index (χ3n) is 4.25. The number of amides is 4. The quantitative estimate of drug-likeness (QED) is 0.233. The lowest BCUT2D eigenvalue weighted by atomic mass is 10.1. The van der Waals surface area contributed by atoms with E-state index in [4.69, 9.17) is 9.47 Å². The van der Waals surface area contributed by atoms with Gasteiger partial charge in [-0.1, -0.05) is 18.2 Å². The van der Waals surface area contributed by atoms with Gasteiger partial charge in [-0.25, -0.2) is 4.79 Å². The molecule has 2 atom stereocenters. The predicted molar refractivity (Wildman–Crippen MR) is 120 cm³/mol. The van der Waals surface area contributed by atoms with E-state index in [0.717, 1.165) is 0 Å². The van der Waals surface area contributed by atoms with Crippen molar-refractivity contribution < 1.29 is 38.2 Å². The minimum Gasteiger partial charge on any atom is -0.466 e. The summed E-state index contributed by atoms with van der Waals surface area (Å²) in [5, 5.41) is 9.29. The number of rotatable bonds is 12. The van der Waals surface area contributed by atoms with Crippen molar-refractivity contribution in [2.75, 3.05) is 25.1 Å². The molecule has 0 aliphatic heterocycles. The third-order valence-corrected chi connectivity index (χ3v) is 4.25. The molecule has 12 heteroatoms. The van der Waals surface area contributed by atoms with Gasteiger partial charge in [0, 0.05) is 12.1 Å². The minimum atomic E-state index is -1.11. The fraction of sp³-hybridized carbons (Fsp3) is 0.455. The molecular formula is C22H30N4O8. The van der Waals surface area contributed by atoms with E-state index < -0.39 is 54.2 Å². The maximum absolute atomic E-state index is 12.4. The Bertz CT molecular complexity index is 875. The Morgan fingerprint density at radius 3 is 2.15 bits per heavy atom. The monoisotopic (exact) mass is 478 g/mol. The topological polar surface area (TPSA) is 169 Å². The maximum atomic E-state index is 12.4. The van der Waals surface area contributed by atoms with Gasteiger partial charge in [0.2, 0.25) is 11.8 Å². The molecule has 0 aliphatic rings. The number of carbonyl (C=O) groups is 6. The molecule has 4 amide bonds. The minimum absolute atomic E-state index is 0.0450. The van der Waals surface area contributed by atoms with Crippen LogP contribution >= 0.6 is 0 Å². The van der Waals surface area contributed by atoms with E-state index in [-0.39, 0.29) is 26.1 Å². The number of hydrogen-bond acceptors (Lipinski definition) is 8. The number of anilines is 1. The van der Waals surface area contributed by atoms with Crippen LogP contribution < -0.4 is 21.3 Å². The first-order valence-corrected chi connectivity index (χ1v) is 10.7. The van der Waals surface area contributed by atoms with Crippen LogP contribution in [0.5, 0.6) is 0 Å². The zero-order valence-corrected chi connectivity index (χ0v) is 19.3. The Balaban J connectivity index is 2.52. The second-order valence-corrected chi connectivity index (χ2v) is 6.95. The summed E-state index contributed by atoms with van der Waals surface area (Å²) in [6.45, 7) is 4.31. The summed E-state index contributed by atoms with van der Waals surface area (Å²) < 4.78 is 9.72. The molecule has 0 saturated carbocycles. The fourth-order valence-corrected chi connectivity index (χ4v) is 2.59. The summed E-state index contributed by atoms with van der Waals surface area (Å²) in [5.74, 6) is -4.68. The molecule has 0 unspecified atom stereocenters. The lowest BCUT2D eigenvalue weighted by Gasteiger charge is -2.20. The molecule has 1 aromatic rings. The Hall–Kier alpha value is -3.96. The highest BCUT2D eigenvalue weighted by Crippen LogP contribution is 2.05. The predicted octanol–water partition coefficient (Wildman–Crippen LogP) is -0.363. The highest BCUT2D eigenvalue weighted by molar-refractivity contribution is 6.39. The van der Waals surface area contributed by atoms with E-state index in [1.165, 1.54) is 6.92 Å². The van der Waals surface area contributed by atoms with Crippen LogP contribution in [0.2, 0.25) is 0 Å². The number of esters is 2. The van der Waals surface area contributed by atoms with Gasteiger partial charge in [-0.2, -0.15) is 0 Å². The fourth-order valence-electron chi connectivity index (χ4n) is 2.59. The lowest BCUT2D eigenvalue weighted by Crippen LogP contribution is -2.52. The zero-order chi connectivity index (χ0) is 25.5. The standard InChI is InChI=1S/C22H30N4O8/c1-4-33-18(28)12-11-16(22(32)34-5-2)26-19(29)14(3)24-17(27)13-23-20(30)21(31)25-15-9-7-6-8-10-15/h6-10,14,16H,4-5,11-13H2,1-3H3,(H,23,30)(H,24,27)(H,25,31)(H,26,29)/t14-,16+/m0/s1. The van der Waals surface area contributed by atoms with Crippen LogP contribution in [0.25, 0.3) is 0 Å². The van der Waals surface area contributed by atoms with E-state index in [9.17, 15) is 28.8 Å². The molecule has 4 N–H and O–H groups in total. The summed E-state index contributed by atoms with van der Waals surface area (Å²) >= 11 is 0. The van der Waals surface area contributed by atoms with Crippen molar-refractivity contribution in [2.45, 2.75) is 45.7 Å². The SMILES string of the molecule is CCOC(=O)CC[C@@H](NC(=O)[C@H](C)NC(=O)CNC(=O)C(=O)Nc1ccccc1)C(=O)OCC. The van der Waals surface area contributed by atoms with Crippen molar-refractivity contribution >= 4 is 41.3 Å². The molecule has 0 aromatic heterocycles. The first kappa shape index (κ1) is 28.1. The van der Waals surface area contributed by atoms with E-state index in [1.54, 1.807) is 44.2 Å². The Morgan fingerprint density at radius 1 is 0.882 bits per heavy atom. The normalized spacial score (nSPS) is 11.9. The van der Waals surface area contributed by atoms with Crippen LogP contribution in [0.4, 0.5) is 5.69 Å². The largest absolute Gasteiger partial charge is 0.466 e. The molecule has 0 spiro atoms. The van der Waals surface area contributed by atoms with E-state index in [2.05, 4.69) is 21.3 Å². The van der Waals surface area contributed by atoms with E-state index in [0.29, 0.717) is 5.69 Å². The van der Waals surface area contributed by atoms with Gasteiger partial charge in [-0.05, 0) is 39.3 Å². The molecule has 34 heavy (non-hydrogen) atoms. The molecular weight excluding hydrogens is 448 g/mol. The number of nitrogens with one attached hydrogen (secondary N) is 4. The molecule has 186 valence electrons. The van der Waals surface area contributed by atoms with Crippen molar-refractivity contribution in [3.05, 3.63) is 30.3 Å². The summed E-state index contributed by atoms with van der Waals surface area (Å²) in [6.07, 6.45) is -0.161. The van der Waals surface area contributed by atoms with Crippen molar-refractivity contribution in [1.29, 1.82) is 0 Å². The first-order valence-electron chi connectivity index (χ1n) is 10.7. The molecule has 1 rings (SSSR count). The highest BCUT2D eigenvalue weighted by atomic mass is 16.5. The Labute approximate surface area is 197 Å². The maximum Gasteiger partial charge on any atom is 0.328 e. The second-order valence-electron chi connectivity index (χ2n) is 6.95. The number of carbonyl (C=O) groups excluding carboxylic acids is 6. The Kier molecular flexibility index (Phi) is 12.4. The first-order chi connectivity index (χ1) is 16.2. The lowest BCUT2D eigenvalue weighted by molar-refractivity contribution is -0.149. The van der Waals surface area contributed by atoms with Crippen molar-refractivity contribution in [2.24, 2.45) is 0 Å². The molecule has 0 saturated heterocycles. The van der Waals surface area contributed by atoms with Gasteiger partial charge < -0.3 is 30.7 Å². The van der Waals surface area contributed by atoms with Crippen LogP contribution in [0.15, 0.2) is 30.3 Å². The van der Waals surface area contributed by atoms with Gasteiger partial charge in [0.25, 0.3) is 0 Å². The number of hydrogen-bond donors (Lipinski definition) is 4. The third kappa shape index (κ3) is 10.6. The summed E-state index contributed by atoms with van der Waals surface area (Å²) in [7, 11) is 0. The Morgan fingerprint density at radius 2 is 1.53 bits per heavy atom. The van der Waals surface area contributed by atoms with E-state index in [1.807, 2.05) is 0 Å². The van der Waals surface area contributed by atoms with Gasteiger partial charge in [-0.3, -0.25) is 24.0 Å². The molecule has 0 radical (unpaired) electrons. The number of ether oxygens (including phenoxy) is 2. The molecule has 12 nitrogen and oxygen atoms in total. The highest BCUT2D eigenvalue weighted by Gasteiger charge is 2.26. The van der Waals surface area contributed by atoms with Crippen LogP contribution in [-0.4, -0.2) is 67.4 Å². The second kappa shape index (κ2) is 15.0.